The Bertz CT molecular complexity index is 558. The van der Waals surface area contributed by atoms with Crippen LogP contribution in [0.3, 0.4) is 0 Å². The second-order valence-electron chi connectivity index (χ2n) is 9.05. The molecule has 1 aliphatic carbocycles. The molecule has 1 aromatic rings. The summed E-state index contributed by atoms with van der Waals surface area (Å²) in [5.74, 6) is 1.70. The number of hydrogen-bond acceptors (Lipinski definition) is 2. The second kappa shape index (κ2) is 12.3. The van der Waals surface area contributed by atoms with E-state index in [1.165, 1.54) is 69.8 Å². The summed E-state index contributed by atoms with van der Waals surface area (Å²) in [6.45, 7) is 6.26. The average molecular weight is 388 g/mol. The molecule has 0 unspecified atom stereocenters. The van der Waals surface area contributed by atoms with Crippen molar-refractivity contribution in [2.24, 2.45) is 11.8 Å². The molecule has 158 valence electrons. The molecule has 1 aliphatic rings. The van der Waals surface area contributed by atoms with E-state index < -0.39 is 0 Å². The van der Waals surface area contributed by atoms with Gasteiger partial charge in [-0.25, -0.2) is 0 Å². The number of benzene rings is 1. The van der Waals surface area contributed by atoms with Gasteiger partial charge < -0.3 is 10.4 Å². The lowest BCUT2D eigenvalue weighted by atomic mass is 9.77. The maximum absolute atomic E-state index is 12.4. The maximum atomic E-state index is 12.4. The minimum atomic E-state index is -0.190. The zero-order chi connectivity index (χ0) is 20.4. The second-order valence-corrected chi connectivity index (χ2v) is 9.05. The molecule has 2 N–H and O–H groups in total. The number of nitrogens with one attached hydrogen (secondary N) is 1. The van der Waals surface area contributed by atoms with Gasteiger partial charge in [-0.2, -0.15) is 0 Å². The van der Waals surface area contributed by atoms with Gasteiger partial charge >= 0.3 is 0 Å². The zero-order valence-electron chi connectivity index (χ0n) is 18.3. The van der Waals surface area contributed by atoms with E-state index in [4.69, 9.17) is 0 Å². The van der Waals surface area contributed by atoms with Gasteiger partial charge in [0, 0.05) is 5.56 Å². The Labute approximate surface area is 172 Å². The molecule has 0 heterocycles. The van der Waals surface area contributed by atoms with Crippen LogP contribution in [0.25, 0.3) is 0 Å². The van der Waals surface area contributed by atoms with Gasteiger partial charge in [0.15, 0.2) is 0 Å². The Kier molecular flexibility index (Phi) is 10.0. The SMILES string of the molecule is CCCCCCCC1CCC(c2ccc(C(=O)N[C@H](CO)C(C)C)cc2)CC1. The van der Waals surface area contributed by atoms with Crippen molar-refractivity contribution in [1.29, 1.82) is 0 Å². The smallest absolute Gasteiger partial charge is 0.251 e. The number of aliphatic hydroxyl groups excluding tert-OH is 1. The van der Waals surface area contributed by atoms with Crippen LogP contribution >= 0.6 is 0 Å². The molecule has 1 saturated carbocycles. The van der Waals surface area contributed by atoms with E-state index in [-0.39, 0.29) is 24.5 Å². The van der Waals surface area contributed by atoms with Gasteiger partial charge in [-0.1, -0.05) is 71.4 Å². The summed E-state index contributed by atoms with van der Waals surface area (Å²) in [6, 6.07) is 7.96. The minimum Gasteiger partial charge on any atom is -0.394 e. The van der Waals surface area contributed by atoms with Crippen LogP contribution in [0.1, 0.15) is 107 Å². The van der Waals surface area contributed by atoms with Crippen LogP contribution in [0.2, 0.25) is 0 Å². The van der Waals surface area contributed by atoms with Crippen molar-refractivity contribution in [3.63, 3.8) is 0 Å². The van der Waals surface area contributed by atoms with Crippen molar-refractivity contribution >= 4 is 5.91 Å². The molecule has 0 radical (unpaired) electrons. The van der Waals surface area contributed by atoms with Crippen molar-refractivity contribution in [3.8, 4) is 0 Å². The van der Waals surface area contributed by atoms with E-state index in [1.807, 2.05) is 26.0 Å². The highest BCUT2D eigenvalue weighted by Crippen LogP contribution is 2.37. The molecule has 28 heavy (non-hydrogen) atoms. The maximum Gasteiger partial charge on any atom is 0.251 e. The Morgan fingerprint density at radius 1 is 1.04 bits per heavy atom. The summed E-state index contributed by atoms with van der Waals surface area (Å²) in [5, 5.41) is 12.3. The molecular weight excluding hydrogens is 346 g/mol. The predicted octanol–water partition coefficient (Wildman–Crippen LogP) is 6.07. The van der Waals surface area contributed by atoms with E-state index in [9.17, 15) is 9.90 Å². The summed E-state index contributed by atoms with van der Waals surface area (Å²) in [4.78, 5) is 12.4. The molecule has 0 spiro atoms. The van der Waals surface area contributed by atoms with Crippen LogP contribution in [-0.2, 0) is 0 Å². The molecule has 1 atom stereocenters. The van der Waals surface area contributed by atoms with Gasteiger partial charge in [-0.3, -0.25) is 4.79 Å². The summed E-state index contributed by atoms with van der Waals surface area (Å²) in [5.41, 5.74) is 2.06. The molecule has 0 bridgehead atoms. The fourth-order valence-corrected chi connectivity index (χ4v) is 4.40. The van der Waals surface area contributed by atoms with Crippen LogP contribution < -0.4 is 5.32 Å². The summed E-state index contributed by atoms with van der Waals surface area (Å²) >= 11 is 0. The number of carbonyl (C=O) groups excluding carboxylic acids is 1. The molecule has 0 aromatic heterocycles. The van der Waals surface area contributed by atoms with Crippen LogP contribution in [0, 0.1) is 11.8 Å². The lowest BCUT2D eigenvalue weighted by Gasteiger charge is -2.29. The van der Waals surface area contributed by atoms with E-state index >= 15 is 0 Å². The van der Waals surface area contributed by atoms with Gasteiger partial charge in [0.05, 0.1) is 12.6 Å². The molecule has 0 aliphatic heterocycles. The fourth-order valence-electron chi connectivity index (χ4n) is 4.40. The van der Waals surface area contributed by atoms with Gasteiger partial charge in [0.25, 0.3) is 5.91 Å². The first-order valence-corrected chi connectivity index (χ1v) is 11.6. The Balaban J connectivity index is 1.77. The predicted molar refractivity (Wildman–Crippen MR) is 118 cm³/mol. The molecule has 3 heteroatoms. The van der Waals surface area contributed by atoms with Crippen molar-refractivity contribution in [2.45, 2.75) is 96.9 Å². The van der Waals surface area contributed by atoms with Crippen LogP contribution in [0.4, 0.5) is 0 Å². The normalized spacial score (nSPS) is 20.9. The largest absolute Gasteiger partial charge is 0.394 e. The molecule has 3 nitrogen and oxygen atoms in total. The lowest BCUT2D eigenvalue weighted by molar-refractivity contribution is 0.0897. The molecule has 2 rings (SSSR count). The molecule has 1 amide bonds. The molecule has 1 aromatic carbocycles. The number of amides is 1. The van der Waals surface area contributed by atoms with Crippen LogP contribution in [0.15, 0.2) is 24.3 Å². The number of aliphatic hydroxyl groups is 1. The third-order valence-electron chi connectivity index (χ3n) is 6.52. The number of carbonyl (C=O) groups is 1. The monoisotopic (exact) mass is 387 g/mol. The summed E-state index contributed by atoms with van der Waals surface area (Å²) in [6.07, 6.45) is 13.6. The van der Waals surface area contributed by atoms with Crippen molar-refractivity contribution < 1.29 is 9.90 Å². The third kappa shape index (κ3) is 7.24. The van der Waals surface area contributed by atoms with E-state index in [1.54, 1.807) is 0 Å². The van der Waals surface area contributed by atoms with Gasteiger partial charge in [0.2, 0.25) is 0 Å². The Morgan fingerprint density at radius 3 is 2.25 bits per heavy atom. The first kappa shape index (κ1) is 22.9. The average Bonchev–Trinajstić information content (AvgIpc) is 2.72. The van der Waals surface area contributed by atoms with Crippen molar-refractivity contribution in [3.05, 3.63) is 35.4 Å². The molecule has 1 fully saturated rings. The Morgan fingerprint density at radius 2 is 1.68 bits per heavy atom. The highest BCUT2D eigenvalue weighted by molar-refractivity contribution is 5.94. The fraction of sp³-hybridized carbons (Fsp3) is 0.720. The first-order valence-electron chi connectivity index (χ1n) is 11.6. The first-order chi connectivity index (χ1) is 13.5. The summed E-state index contributed by atoms with van der Waals surface area (Å²) in [7, 11) is 0. The molecule has 0 saturated heterocycles. The standard InChI is InChI=1S/C25H41NO2/c1-4-5-6-7-8-9-20-10-12-21(13-11-20)22-14-16-23(17-15-22)25(28)26-24(18-27)19(2)3/h14-17,19-21,24,27H,4-13,18H2,1-3H3,(H,26,28)/t20?,21?,24-/m1/s1. The quantitative estimate of drug-likeness (QED) is 0.453. The van der Waals surface area contributed by atoms with Crippen LogP contribution in [0.5, 0.6) is 0 Å². The van der Waals surface area contributed by atoms with Crippen molar-refractivity contribution in [1.82, 2.24) is 5.32 Å². The third-order valence-corrected chi connectivity index (χ3v) is 6.52. The van der Waals surface area contributed by atoms with Gasteiger partial charge in [-0.05, 0) is 61.1 Å². The van der Waals surface area contributed by atoms with Gasteiger partial charge in [-0.15, -0.1) is 0 Å². The number of rotatable bonds is 11. The summed E-state index contributed by atoms with van der Waals surface area (Å²) < 4.78 is 0. The minimum absolute atomic E-state index is 0.0245. The Hall–Kier alpha value is -1.35. The number of hydrogen-bond donors (Lipinski definition) is 2. The van der Waals surface area contributed by atoms with E-state index in [0.717, 1.165) is 5.92 Å². The highest BCUT2D eigenvalue weighted by Gasteiger charge is 2.22. The highest BCUT2D eigenvalue weighted by atomic mass is 16.3. The van der Waals surface area contributed by atoms with Crippen molar-refractivity contribution in [2.75, 3.05) is 6.61 Å². The zero-order valence-corrected chi connectivity index (χ0v) is 18.3. The van der Waals surface area contributed by atoms with E-state index in [0.29, 0.717) is 11.5 Å². The van der Waals surface area contributed by atoms with Gasteiger partial charge in [0.1, 0.15) is 0 Å². The number of unbranched alkanes of at least 4 members (excludes halogenated alkanes) is 4. The van der Waals surface area contributed by atoms with E-state index in [2.05, 4.69) is 24.4 Å². The molecular formula is C25H41NO2. The van der Waals surface area contributed by atoms with Crippen LogP contribution in [-0.4, -0.2) is 23.7 Å². The lowest BCUT2D eigenvalue weighted by Crippen LogP contribution is -2.41. The topological polar surface area (TPSA) is 49.3 Å².